The number of ether oxygens (including phenoxy) is 3. The van der Waals surface area contributed by atoms with E-state index in [1.165, 1.54) is 6.07 Å². The van der Waals surface area contributed by atoms with Gasteiger partial charge in [-0.1, -0.05) is 30.3 Å². The monoisotopic (exact) mass is 331 g/mol. The van der Waals surface area contributed by atoms with E-state index in [0.717, 1.165) is 5.56 Å². The topological polar surface area (TPSA) is 56.8 Å². The third-order valence-corrected chi connectivity index (χ3v) is 3.59. The fourth-order valence-electron chi connectivity index (χ4n) is 2.33. The Balaban J connectivity index is 1.66. The molecule has 0 aromatic heterocycles. The average Bonchev–Trinajstić information content (AvgIpc) is 2.63. The molecule has 1 aliphatic heterocycles. The number of halogens is 1. The summed E-state index contributed by atoms with van der Waals surface area (Å²) in [4.78, 5) is 12.1. The van der Waals surface area contributed by atoms with Crippen LogP contribution in [-0.4, -0.2) is 31.8 Å². The highest BCUT2D eigenvalue weighted by Gasteiger charge is 2.22. The Morgan fingerprint density at radius 1 is 1.12 bits per heavy atom. The summed E-state index contributed by atoms with van der Waals surface area (Å²) in [5.41, 5.74) is 0.742. The molecule has 0 bridgehead atoms. The van der Waals surface area contributed by atoms with Gasteiger partial charge in [0, 0.05) is 12.1 Å². The minimum atomic E-state index is -0.599. The highest BCUT2D eigenvalue weighted by Crippen LogP contribution is 2.27. The van der Waals surface area contributed by atoms with Gasteiger partial charge in [0.15, 0.2) is 17.7 Å². The highest BCUT2D eigenvalue weighted by atomic mass is 19.1. The average molecular weight is 331 g/mol. The molecule has 3 rings (SSSR count). The number of carbonyl (C=O) groups is 1. The molecule has 0 aliphatic carbocycles. The first-order chi connectivity index (χ1) is 11.7. The lowest BCUT2D eigenvalue weighted by atomic mass is 10.2. The second-order valence-corrected chi connectivity index (χ2v) is 5.29. The largest absolute Gasteiger partial charge is 0.454 e. The molecule has 0 unspecified atom stereocenters. The van der Waals surface area contributed by atoms with Crippen molar-refractivity contribution in [3.63, 3.8) is 0 Å². The fraction of sp³-hybridized carbons (Fsp3) is 0.278. The zero-order valence-corrected chi connectivity index (χ0v) is 13.0. The van der Waals surface area contributed by atoms with Crippen molar-refractivity contribution in [3.05, 3.63) is 59.9 Å². The minimum absolute atomic E-state index is 0.139. The van der Waals surface area contributed by atoms with Crippen molar-refractivity contribution in [2.45, 2.75) is 12.6 Å². The van der Waals surface area contributed by atoms with E-state index in [1.54, 1.807) is 30.3 Å². The Kier molecular flexibility index (Phi) is 5.40. The summed E-state index contributed by atoms with van der Waals surface area (Å²) in [7, 11) is 0. The van der Waals surface area contributed by atoms with Crippen LogP contribution in [0.4, 0.5) is 4.39 Å². The molecule has 1 N–H and O–H groups in total. The molecular formula is C18H18FNO4. The molecule has 1 saturated heterocycles. The number of hydrogen-bond acceptors (Lipinski definition) is 4. The van der Waals surface area contributed by atoms with Crippen molar-refractivity contribution in [2.75, 3.05) is 19.8 Å². The molecule has 5 nitrogen and oxygen atoms in total. The molecule has 2 aromatic carbocycles. The van der Waals surface area contributed by atoms with Crippen molar-refractivity contribution in [3.8, 4) is 11.5 Å². The Morgan fingerprint density at radius 3 is 2.62 bits per heavy atom. The fourth-order valence-corrected chi connectivity index (χ4v) is 2.33. The molecular weight excluding hydrogens is 313 g/mol. The first kappa shape index (κ1) is 16.4. The number of carbonyl (C=O) groups excluding carboxylic acids is 1. The smallest absolute Gasteiger partial charge is 0.251 e. The predicted octanol–water partition coefficient (Wildman–Crippen LogP) is 2.65. The Hall–Kier alpha value is -2.44. The summed E-state index contributed by atoms with van der Waals surface area (Å²) in [5.74, 6) is -0.0523. The maximum Gasteiger partial charge on any atom is 0.251 e. The van der Waals surface area contributed by atoms with E-state index in [2.05, 4.69) is 5.32 Å². The summed E-state index contributed by atoms with van der Waals surface area (Å²) in [6.45, 7) is 1.41. The molecule has 126 valence electrons. The van der Waals surface area contributed by atoms with Crippen LogP contribution in [0.2, 0.25) is 0 Å². The lowest BCUT2D eigenvalue weighted by Gasteiger charge is -2.22. The Bertz CT molecular complexity index is 701. The van der Waals surface area contributed by atoms with Crippen LogP contribution < -0.4 is 10.1 Å². The van der Waals surface area contributed by atoms with Gasteiger partial charge in [-0.3, -0.25) is 4.79 Å². The molecule has 0 saturated carbocycles. The van der Waals surface area contributed by atoms with Crippen molar-refractivity contribution < 1.29 is 23.4 Å². The van der Waals surface area contributed by atoms with Crippen LogP contribution in [-0.2, 0) is 20.8 Å². The summed E-state index contributed by atoms with van der Waals surface area (Å²) in [6, 6.07) is 13.3. The van der Waals surface area contributed by atoms with Crippen molar-refractivity contribution in [1.29, 1.82) is 0 Å². The highest BCUT2D eigenvalue weighted by molar-refractivity contribution is 5.81. The second-order valence-electron chi connectivity index (χ2n) is 5.29. The van der Waals surface area contributed by atoms with E-state index in [1.807, 2.05) is 12.1 Å². The van der Waals surface area contributed by atoms with Crippen LogP contribution in [0, 0.1) is 5.82 Å². The summed E-state index contributed by atoms with van der Waals surface area (Å²) >= 11 is 0. The van der Waals surface area contributed by atoms with Gasteiger partial charge in [-0.25, -0.2) is 4.39 Å². The van der Waals surface area contributed by atoms with Gasteiger partial charge in [0.2, 0.25) is 0 Å². The molecule has 1 fully saturated rings. The third kappa shape index (κ3) is 4.10. The van der Waals surface area contributed by atoms with Crippen LogP contribution in [0.15, 0.2) is 48.5 Å². The van der Waals surface area contributed by atoms with Gasteiger partial charge in [-0.05, 0) is 18.2 Å². The molecule has 1 amide bonds. The molecule has 2 aromatic rings. The molecule has 24 heavy (non-hydrogen) atoms. The van der Waals surface area contributed by atoms with Gasteiger partial charge in [0.1, 0.15) is 5.75 Å². The van der Waals surface area contributed by atoms with E-state index >= 15 is 0 Å². The summed E-state index contributed by atoms with van der Waals surface area (Å²) in [6.07, 6.45) is -0.599. The van der Waals surface area contributed by atoms with Gasteiger partial charge >= 0.3 is 0 Å². The number of nitrogens with one attached hydrogen (secondary N) is 1. The van der Waals surface area contributed by atoms with Crippen molar-refractivity contribution in [2.24, 2.45) is 0 Å². The van der Waals surface area contributed by atoms with Crippen LogP contribution >= 0.6 is 0 Å². The maximum atomic E-state index is 13.7. The first-order valence-electron chi connectivity index (χ1n) is 7.71. The predicted molar refractivity (Wildman–Crippen MR) is 85.3 cm³/mol. The SMILES string of the molecule is O=C(NCc1ccccc1Oc1ccccc1F)[C@@H]1COCCO1. The van der Waals surface area contributed by atoms with Crippen LogP contribution in [0.5, 0.6) is 11.5 Å². The number of benzene rings is 2. The van der Waals surface area contributed by atoms with Gasteiger partial charge in [-0.2, -0.15) is 0 Å². The second kappa shape index (κ2) is 7.90. The zero-order valence-electron chi connectivity index (χ0n) is 13.0. The molecule has 1 aliphatic rings. The number of hydrogen-bond donors (Lipinski definition) is 1. The quantitative estimate of drug-likeness (QED) is 0.915. The lowest BCUT2D eigenvalue weighted by Crippen LogP contribution is -2.42. The van der Waals surface area contributed by atoms with Crippen molar-refractivity contribution in [1.82, 2.24) is 5.32 Å². The Labute approximate surface area is 139 Å². The van der Waals surface area contributed by atoms with Gasteiger partial charge in [0.05, 0.1) is 19.8 Å². The molecule has 0 radical (unpaired) electrons. The maximum absolute atomic E-state index is 13.7. The van der Waals surface area contributed by atoms with Gasteiger partial charge < -0.3 is 19.5 Å². The minimum Gasteiger partial charge on any atom is -0.454 e. The normalized spacial score (nSPS) is 17.3. The molecule has 1 heterocycles. The van der Waals surface area contributed by atoms with E-state index < -0.39 is 11.9 Å². The number of para-hydroxylation sites is 2. The van der Waals surface area contributed by atoms with Gasteiger partial charge in [-0.15, -0.1) is 0 Å². The molecule has 0 spiro atoms. The molecule has 1 atom stereocenters. The van der Waals surface area contributed by atoms with E-state index in [4.69, 9.17) is 14.2 Å². The number of amides is 1. The van der Waals surface area contributed by atoms with Gasteiger partial charge in [0.25, 0.3) is 5.91 Å². The summed E-state index contributed by atoms with van der Waals surface area (Å²) in [5, 5.41) is 2.79. The van der Waals surface area contributed by atoms with E-state index in [0.29, 0.717) is 19.0 Å². The van der Waals surface area contributed by atoms with Crippen LogP contribution in [0.3, 0.4) is 0 Å². The van der Waals surface area contributed by atoms with Crippen LogP contribution in [0.25, 0.3) is 0 Å². The van der Waals surface area contributed by atoms with E-state index in [-0.39, 0.29) is 24.8 Å². The molecule has 6 heteroatoms. The first-order valence-corrected chi connectivity index (χ1v) is 7.71. The van der Waals surface area contributed by atoms with Crippen LogP contribution in [0.1, 0.15) is 5.56 Å². The lowest BCUT2D eigenvalue weighted by molar-refractivity contribution is -0.147. The standard InChI is InChI=1S/C18H18FNO4/c19-14-6-2-4-8-16(14)24-15-7-3-1-5-13(15)11-20-18(21)17-12-22-9-10-23-17/h1-8,17H,9-12H2,(H,20,21)/t17-/m0/s1. The Morgan fingerprint density at radius 2 is 1.88 bits per heavy atom. The number of rotatable bonds is 5. The zero-order chi connectivity index (χ0) is 16.8. The summed E-state index contributed by atoms with van der Waals surface area (Å²) < 4.78 is 29.9. The van der Waals surface area contributed by atoms with E-state index in [9.17, 15) is 9.18 Å². The third-order valence-electron chi connectivity index (χ3n) is 3.59. The van der Waals surface area contributed by atoms with Crippen molar-refractivity contribution >= 4 is 5.91 Å².